The van der Waals surface area contributed by atoms with E-state index in [9.17, 15) is 9.59 Å². The van der Waals surface area contributed by atoms with Gasteiger partial charge in [0.1, 0.15) is 5.69 Å². The number of benzene rings is 2. The molecule has 0 spiro atoms. The molecule has 7 heteroatoms. The van der Waals surface area contributed by atoms with Crippen LogP contribution < -0.4 is 10.2 Å². The van der Waals surface area contributed by atoms with E-state index in [2.05, 4.69) is 15.3 Å². The number of esters is 1. The highest BCUT2D eigenvalue weighted by Crippen LogP contribution is 2.29. The zero-order chi connectivity index (χ0) is 20.4. The first kappa shape index (κ1) is 18.6. The van der Waals surface area contributed by atoms with E-state index in [4.69, 9.17) is 4.74 Å². The molecule has 0 radical (unpaired) electrons. The summed E-state index contributed by atoms with van der Waals surface area (Å²) < 4.78 is 4.70. The number of nitrogens with zero attached hydrogens (tertiary/aromatic N) is 3. The van der Waals surface area contributed by atoms with Gasteiger partial charge in [-0.15, -0.1) is 0 Å². The van der Waals surface area contributed by atoms with Crippen molar-refractivity contribution < 1.29 is 14.3 Å². The Bertz CT molecular complexity index is 1080. The Morgan fingerprint density at radius 2 is 1.83 bits per heavy atom. The largest absolute Gasteiger partial charge is 0.465 e. The number of anilines is 3. The van der Waals surface area contributed by atoms with Crippen molar-refractivity contribution in [2.45, 2.75) is 13.3 Å². The van der Waals surface area contributed by atoms with E-state index in [1.807, 2.05) is 31.2 Å². The molecule has 146 valence electrons. The van der Waals surface area contributed by atoms with Gasteiger partial charge in [-0.1, -0.05) is 18.2 Å². The van der Waals surface area contributed by atoms with Crippen LogP contribution in [-0.4, -0.2) is 35.5 Å². The van der Waals surface area contributed by atoms with Crippen LogP contribution in [0.25, 0.3) is 0 Å². The monoisotopic (exact) mass is 388 g/mol. The van der Waals surface area contributed by atoms with E-state index in [0.29, 0.717) is 35.1 Å². The van der Waals surface area contributed by atoms with Gasteiger partial charge in [-0.2, -0.15) is 0 Å². The van der Waals surface area contributed by atoms with Crippen LogP contribution in [0.2, 0.25) is 0 Å². The highest BCUT2D eigenvalue weighted by Gasteiger charge is 2.26. The Balaban J connectivity index is 1.57. The minimum absolute atomic E-state index is 0.149. The molecule has 0 saturated carbocycles. The normalized spacial score (nSPS) is 12.4. The second kappa shape index (κ2) is 7.71. The zero-order valence-electron chi connectivity index (χ0n) is 16.2. The predicted octanol–water partition coefficient (Wildman–Crippen LogP) is 3.52. The molecule has 3 aromatic rings. The number of para-hydroxylation sites is 1. The highest BCUT2D eigenvalue weighted by atomic mass is 16.5. The molecule has 1 aromatic heterocycles. The summed E-state index contributed by atoms with van der Waals surface area (Å²) in [6.07, 6.45) is 0.837. The quantitative estimate of drug-likeness (QED) is 0.689. The van der Waals surface area contributed by atoms with Gasteiger partial charge in [0.2, 0.25) is 5.95 Å². The maximum Gasteiger partial charge on any atom is 0.337 e. The lowest BCUT2D eigenvalue weighted by Crippen LogP contribution is -2.30. The lowest BCUT2D eigenvalue weighted by molar-refractivity contribution is 0.0600. The van der Waals surface area contributed by atoms with Gasteiger partial charge in [0.15, 0.2) is 0 Å². The summed E-state index contributed by atoms with van der Waals surface area (Å²) in [5, 5.41) is 3.09. The number of ether oxygens (including phenoxy) is 1. The van der Waals surface area contributed by atoms with Crippen molar-refractivity contribution in [1.82, 2.24) is 9.97 Å². The van der Waals surface area contributed by atoms with Crippen molar-refractivity contribution in [3.8, 4) is 0 Å². The van der Waals surface area contributed by atoms with Crippen LogP contribution in [0, 0.1) is 6.92 Å². The molecule has 29 heavy (non-hydrogen) atoms. The van der Waals surface area contributed by atoms with Gasteiger partial charge >= 0.3 is 5.97 Å². The van der Waals surface area contributed by atoms with Gasteiger partial charge < -0.3 is 15.0 Å². The number of amides is 1. The third kappa shape index (κ3) is 3.80. The Morgan fingerprint density at radius 3 is 2.59 bits per heavy atom. The zero-order valence-corrected chi connectivity index (χ0v) is 16.2. The number of hydrogen-bond acceptors (Lipinski definition) is 6. The minimum Gasteiger partial charge on any atom is -0.465 e. The number of aromatic nitrogens is 2. The smallest absolute Gasteiger partial charge is 0.337 e. The second-order valence-corrected chi connectivity index (χ2v) is 6.75. The molecular weight excluding hydrogens is 368 g/mol. The van der Waals surface area contributed by atoms with Crippen LogP contribution >= 0.6 is 0 Å². The summed E-state index contributed by atoms with van der Waals surface area (Å²) in [5.41, 5.74) is 4.27. The summed E-state index contributed by atoms with van der Waals surface area (Å²) in [7, 11) is 1.34. The van der Waals surface area contributed by atoms with E-state index in [-0.39, 0.29) is 5.91 Å². The van der Waals surface area contributed by atoms with Gasteiger partial charge in [-0.05, 0) is 55.3 Å². The van der Waals surface area contributed by atoms with Gasteiger partial charge in [-0.3, -0.25) is 4.79 Å². The van der Waals surface area contributed by atoms with Gasteiger partial charge in [0.05, 0.1) is 12.7 Å². The minimum atomic E-state index is -0.401. The first-order valence-corrected chi connectivity index (χ1v) is 9.26. The number of hydrogen-bond donors (Lipinski definition) is 1. The van der Waals surface area contributed by atoms with Crippen LogP contribution in [0.5, 0.6) is 0 Å². The number of nitrogens with one attached hydrogen (secondary N) is 1. The summed E-state index contributed by atoms with van der Waals surface area (Å²) >= 11 is 0. The predicted molar refractivity (Wildman–Crippen MR) is 110 cm³/mol. The number of methoxy groups -OCH3 is 1. The number of carbonyl (C=O) groups is 2. The topological polar surface area (TPSA) is 84.4 Å². The third-order valence-electron chi connectivity index (χ3n) is 4.77. The van der Waals surface area contributed by atoms with E-state index >= 15 is 0 Å². The lowest BCUT2D eigenvalue weighted by Gasteiger charge is -2.17. The molecule has 0 atom stereocenters. The fourth-order valence-electron chi connectivity index (χ4n) is 3.36. The van der Waals surface area contributed by atoms with Crippen molar-refractivity contribution in [3.05, 3.63) is 77.1 Å². The van der Waals surface area contributed by atoms with Crippen molar-refractivity contribution in [3.63, 3.8) is 0 Å². The number of aryl methyl sites for hydroxylation is 1. The molecule has 1 amide bonds. The molecule has 0 saturated heterocycles. The van der Waals surface area contributed by atoms with E-state index < -0.39 is 5.97 Å². The van der Waals surface area contributed by atoms with Crippen molar-refractivity contribution in [2.75, 3.05) is 23.9 Å². The van der Waals surface area contributed by atoms with Crippen LogP contribution in [0.1, 0.15) is 32.1 Å². The maximum atomic E-state index is 13.1. The molecule has 0 unspecified atom stereocenters. The van der Waals surface area contributed by atoms with Crippen LogP contribution in [0.15, 0.2) is 54.6 Å². The molecule has 0 bridgehead atoms. The standard InChI is InChI=1S/C22H20N4O3/c1-14-13-18(20(27)26-12-11-15-5-3-4-6-19(15)26)25-22(23-14)24-17-9-7-16(8-10-17)21(28)29-2/h3-10,13H,11-12H2,1-2H3,(H,23,24,25). The van der Waals surface area contributed by atoms with E-state index in [0.717, 1.165) is 17.7 Å². The van der Waals surface area contributed by atoms with Crippen LogP contribution in [-0.2, 0) is 11.2 Å². The summed E-state index contributed by atoms with van der Waals surface area (Å²) in [6.45, 7) is 2.46. The van der Waals surface area contributed by atoms with E-state index in [1.165, 1.54) is 7.11 Å². The Labute approximate surface area is 168 Å². The molecule has 2 heterocycles. The molecule has 4 rings (SSSR count). The summed E-state index contributed by atoms with van der Waals surface area (Å²) in [5.74, 6) is -0.224. The average molecular weight is 388 g/mol. The molecule has 2 aromatic carbocycles. The second-order valence-electron chi connectivity index (χ2n) is 6.75. The molecule has 0 aliphatic carbocycles. The molecule has 0 fully saturated rings. The first-order valence-electron chi connectivity index (χ1n) is 9.26. The molecule has 1 aliphatic rings. The average Bonchev–Trinajstić information content (AvgIpc) is 3.17. The Kier molecular flexibility index (Phi) is 4.95. The third-order valence-corrected chi connectivity index (χ3v) is 4.77. The SMILES string of the molecule is COC(=O)c1ccc(Nc2nc(C)cc(C(=O)N3CCc4ccccc43)n2)cc1. The first-order chi connectivity index (χ1) is 14.0. The summed E-state index contributed by atoms with van der Waals surface area (Å²) in [4.78, 5) is 35.2. The molecule has 1 aliphatic heterocycles. The van der Waals surface area contributed by atoms with Crippen molar-refractivity contribution in [2.24, 2.45) is 0 Å². The Morgan fingerprint density at radius 1 is 1.07 bits per heavy atom. The molecule has 1 N–H and O–H groups in total. The fraction of sp³-hybridized carbons (Fsp3) is 0.182. The van der Waals surface area contributed by atoms with Gasteiger partial charge in [0, 0.05) is 23.6 Å². The van der Waals surface area contributed by atoms with Crippen molar-refractivity contribution in [1.29, 1.82) is 0 Å². The molecular formula is C22H20N4O3. The van der Waals surface area contributed by atoms with Gasteiger partial charge in [-0.25, -0.2) is 14.8 Å². The maximum absolute atomic E-state index is 13.1. The molecule has 7 nitrogen and oxygen atoms in total. The van der Waals surface area contributed by atoms with Crippen molar-refractivity contribution >= 4 is 29.2 Å². The lowest BCUT2D eigenvalue weighted by atomic mass is 10.2. The van der Waals surface area contributed by atoms with Crippen LogP contribution in [0.3, 0.4) is 0 Å². The number of fused-ring (bicyclic) bond motifs is 1. The highest BCUT2D eigenvalue weighted by molar-refractivity contribution is 6.06. The summed E-state index contributed by atoms with van der Waals surface area (Å²) in [6, 6.07) is 16.4. The van der Waals surface area contributed by atoms with E-state index in [1.54, 1.807) is 35.2 Å². The number of rotatable bonds is 4. The van der Waals surface area contributed by atoms with Crippen LogP contribution in [0.4, 0.5) is 17.3 Å². The fourth-order valence-corrected chi connectivity index (χ4v) is 3.36. The Hall–Kier alpha value is -3.74. The number of carbonyl (C=O) groups excluding carboxylic acids is 2. The van der Waals surface area contributed by atoms with Gasteiger partial charge in [0.25, 0.3) is 5.91 Å².